The van der Waals surface area contributed by atoms with Crippen molar-refractivity contribution < 1.29 is 14.3 Å². The molecule has 0 saturated carbocycles. The molecule has 3 rings (SSSR count). The van der Waals surface area contributed by atoms with Crippen molar-refractivity contribution in [3.05, 3.63) is 49.9 Å². The van der Waals surface area contributed by atoms with Gasteiger partial charge in [-0.25, -0.2) is 0 Å². The number of nitrogens with zero attached hydrogens (tertiary/aromatic N) is 2. The van der Waals surface area contributed by atoms with Crippen LogP contribution in [0.1, 0.15) is 24.2 Å². The Labute approximate surface area is 226 Å². The Morgan fingerprint density at radius 1 is 1.12 bits per heavy atom. The van der Waals surface area contributed by atoms with E-state index < -0.39 is 5.91 Å². The average molecular weight is 633 g/mol. The standard InChI is InChI=1S/C23H25Br2ClN4O3S/c1-13(2)22(32)30-8-6-29(7-9-30)19-5-4-15(12-18(19)26)27-23(34)28-21(31)16-10-14(24)11-17(25)20(16)33-3/h4-5,10-13H,6-9H2,1-3H3,(H2,27,28,31,34). The highest BCUT2D eigenvalue weighted by Gasteiger charge is 2.24. The Morgan fingerprint density at radius 2 is 1.79 bits per heavy atom. The van der Waals surface area contributed by atoms with Crippen LogP contribution in [0.3, 0.4) is 0 Å². The van der Waals surface area contributed by atoms with Crippen LogP contribution in [0, 0.1) is 5.92 Å². The number of amides is 2. The molecule has 0 unspecified atom stereocenters. The first-order valence-corrected chi connectivity index (χ1v) is 13.0. The number of rotatable bonds is 5. The highest BCUT2D eigenvalue weighted by Crippen LogP contribution is 2.33. The summed E-state index contributed by atoms with van der Waals surface area (Å²) in [7, 11) is 1.49. The first-order chi connectivity index (χ1) is 16.1. The lowest BCUT2D eigenvalue weighted by Gasteiger charge is -2.37. The molecule has 11 heteroatoms. The first-order valence-electron chi connectivity index (χ1n) is 10.6. The molecule has 182 valence electrons. The second kappa shape index (κ2) is 11.7. The van der Waals surface area contributed by atoms with Crippen LogP contribution >= 0.6 is 55.7 Å². The zero-order valence-electron chi connectivity index (χ0n) is 19.0. The summed E-state index contributed by atoms with van der Waals surface area (Å²) in [6.07, 6.45) is 0. The van der Waals surface area contributed by atoms with E-state index in [2.05, 4.69) is 47.4 Å². The van der Waals surface area contributed by atoms with E-state index >= 15 is 0 Å². The van der Waals surface area contributed by atoms with Gasteiger partial charge in [0.2, 0.25) is 5.91 Å². The number of halogens is 3. The van der Waals surface area contributed by atoms with Gasteiger partial charge in [-0.3, -0.25) is 14.9 Å². The summed E-state index contributed by atoms with van der Waals surface area (Å²) >= 11 is 18.6. The fourth-order valence-electron chi connectivity index (χ4n) is 3.64. The van der Waals surface area contributed by atoms with Crippen molar-refractivity contribution in [2.45, 2.75) is 13.8 Å². The average Bonchev–Trinajstić information content (AvgIpc) is 2.78. The molecule has 0 aromatic heterocycles. The molecule has 1 aliphatic heterocycles. The predicted octanol–water partition coefficient (Wildman–Crippen LogP) is 5.31. The maximum Gasteiger partial charge on any atom is 0.261 e. The number of carbonyl (C=O) groups is 2. The zero-order chi connectivity index (χ0) is 25.0. The maximum atomic E-state index is 12.8. The number of benzene rings is 2. The molecule has 0 spiro atoms. The molecule has 1 aliphatic rings. The van der Waals surface area contributed by atoms with Gasteiger partial charge in [0.05, 0.1) is 27.9 Å². The van der Waals surface area contributed by atoms with Gasteiger partial charge in [0.15, 0.2) is 5.11 Å². The number of ether oxygens (including phenoxy) is 1. The summed E-state index contributed by atoms with van der Waals surface area (Å²) in [6.45, 7) is 6.58. The minimum Gasteiger partial charge on any atom is -0.495 e. The highest BCUT2D eigenvalue weighted by atomic mass is 79.9. The number of methoxy groups -OCH3 is 1. The second-order valence-electron chi connectivity index (χ2n) is 8.01. The first kappa shape index (κ1) is 26.7. The van der Waals surface area contributed by atoms with Gasteiger partial charge in [-0.1, -0.05) is 41.4 Å². The molecule has 0 radical (unpaired) electrons. The normalized spacial score (nSPS) is 13.6. The van der Waals surface area contributed by atoms with E-state index in [4.69, 9.17) is 28.6 Å². The van der Waals surface area contributed by atoms with Gasteiger partial charge >= 0.3 is 0 Å². The maximum absolute atomic E-state index is 12.8. The molecule has 0 aliphatic carbocycles. The number of nitrogens with one attached hydrogen (secondary N) is 2. The van der Waals surface area contributed by atoms with Gasteiger partial charge in [0.1, 0.15) is 5.75 Å². The Balaban J connectivity index is 1.62. The number of hydrogen-bond acceptors (Lipinski definition) is 5. The van der Waals surface area contributed by atoms with Crippen molar-refractivity contribution in [1.29, 1.82) is 0 Å². The van der Waals surface area contributed by atoms with Gasteiger partial charge in [-0.2, -0.15) is 0 Å². The largest absolute Gasteiger partial charge is 0.495 e. The Morgan fingerprint density at radius 3 is 2.38 bits per heavy atom. The minimum absolute atomic E-state index is 0.00384. The summed E-state index contributed by atoms with van der Waals surface area (Å²) in [5, 5.41) is 6.35. The van der Waals surface area contributed by atoms with Crippen LogP contribution in [0.2, 0.25) is 5.02 Å². The molecule has 2 aromatic carbocycles. The van der Waals surface area contributed by atoms with Crippen LogP contribution in [0.4, 0.5) is 11.4 Å². The fourth-order valence-corrected chi connectivity index (χ4v) is 5.54. The van der Waals surface area contributed by atoms with Crippen LogP contribution in [0.15, 0.2) is 39.3 Å². The fraction of sp³-hybridized carbons (Fsp3) is 0.348. The van der Waals surface area contributed by atoms with E-state index in [-0.39, 0.29) is 16.9 Å². The Hall–Kier alpha value is -1.88. The van der Waals surface area contributed by atoms with E-state index in [1.54, 1.807) is 18.2 Å². The third-order valence-corrected chi connectivity index (χ3v) is 6.87. The molecular weight excluding hydrogens is 608 g/mol. The summed E-state index contributed by atoms with van der Waals surface area (Å²) in [4.78, 5) is 29.0. The summed E-state index contributed by atoms with van der Waals surface area (Å²) in [5.41, 5.74) is 1.87. The van der Waals surface area contributed by atoms with Crippen LogP contribution in [-0.2, 0) is 4.79 Å². The van der Waals surface area contributed by atoms with Crippen LogP contribution < -0.4 is 20.3 Å². The number of carbonyl (C=O) groups excluding carboxylic acids is 2. The number of hydrogen-bond donors (Lipinski definition) is 2. The van der Waals surface area contributed by atoms with Crippen molar-refractivity contribution >= 4 is 84.0 Å². The molecule has 2 N–H and O–H groups in total. The van der Waals surface area contributed by atoms with Crippen molar-refractivity contribution in [3.63, 3.8) is 0 Å². The lowest BCUT2D eigenvalue weighted by Crippen LogP contribution is -2.50. The lowest BCUT2D eigenvalue weighted by atomic mass is 10.1. The van der Waals surface area contributed by atoms with Gasteiger partial charge in [0.25, 0.3) is 5.91 Å². The molecule has 7 nitrogen and oxygen atoms in total. The topological polar surface area (TPSA) is 73.9 Å². The molecule has 34 heavy (non-hydrogen) atoms. The quantitative estimate of drug-likeness (QED) is 0.436. The molecular formula is C23H25Br2ClN4O3S. The van der Waals surface area contributed by atoms with Gasteiger partial charge in [0, 0.05) is 42.3 Å². The van der Waals surface area contributed by atoms with Crippen LogP contribution in [0.5, 0.6) is 5.75 Å². The SMILES string of the molecule is COc1c(Br)cc(Br)cc1C(=O)NC(=S)Nc1ccc(N2CCN(C(=O)C(C)C)CC2)c(Cl)c1. The monoisotopic (exact) mass is 630 g/mol. The van der Waals surface area contributed by atoms with Gasteiger partial charge < -0.3 is 19.9 Å². The molecule has 2 amide bonds. The van der Waals surface area contributed by atoms with Gasteiger partial charge in [-0.05, 0) is 58.5 Å². The Kier molecular flexibility index (Phi) is 9.20. The smallest absolute Gasteiger partial charge is 0.261 e. The van der Waals surface area contributed by atoms with E-state index in [0.717, 1.165) is 10.2 Å². The number of thiocarbonyl (C=S) groups is 1. The summed E-state index contributed by atoms with van der Waals surface area (Å²) in [5.74, 6) is 0.170. The van der Waals surface area contributed by atoms with Crippen molar-refractivity contribution in [1.82, 2.24) is 10.2 Å². The lowest BCUT2D eigenvalue weighted by molar-refractivity contribution is -0.134. The number of piperazine rings is 1. The van der Waals surface area contributed by atoms with Crippen LogP contribution in [0.25, 0.3) is 0 Å². The minimum atomic E-state index is -0.409. The third-order valence-electron chi connectivity index (χ3n) is 5.32. The molecule has 1 heterocycles. The zero-order valence-corrected chi connectivity index (χ0v) is 23.7. The van der Waals surface area contributed by atoms with E-state index in [1.165, 1.54) is 7.11 Å². The molecule has 1 fully saturated rings. The summed E-state index contributed by atoms with van der Waals surface area (Å²) in [6, 6.07) is 8.96. The van der Waals surface area contributed by atoms with Gasteiger partial charge in [-0.15, -0.1) is 0 Å². The predicted molar refractivity (Wildman–Crippen MR) is 147 cm³/mol. The van der Waals surface area contributed by atoms with Crippen LogP contribution in [-0.4, -0.2) is 55.1 Å². The van der Waals surface area contributed by atoms with E-state index in [1.807, 2.05) is 30.9 Å². The molecule has 1 saturated heterocycles. The Bertz CT molecular complexity index is 1110. The van der Waals surface area contributed by atoms with E-state index in [0.29, 0.717) is 52.7 Å². The molecule has 2 aromatic rings. The molecule has 0 bridgehead atoms. The highest BCUT2D eigenvalue weighted by molar-refractivity contribution is 9.11. The molecule has 0 atom stereocenters. The van der Waals surface area contributed by atoms with Crippen molar-refractivity contribution in [3.8, 4) is 5.75 Å². The number of anilines is 2. The van der Waals surface area contributed by atoms with E-state index in [9.17, 15) is 9.59 Å². The summed E-state index contributed by atoms with van der Waals surface area (Å²) < 4.78 is 6.70. The van der Waals surface area contributed by atoms with Crippen molar-refractivity contribution in [2.24, 2.45) is 5.92 Å². The second-order valence-corrected chi connectivity index (χ2v) is 10.6. The van der Waals surface area contributed by atoms with Crippen molar-refractivity contribution in [2.75, 3.05) is 43.5 Å². The third kappa shape index (κ3) is 6.41.